The zero-order valence-electron chi connectivity index (χ0n) is 10.3. The Morgan fingerprint density at radius 1 is 1.50 bits per heavy atom. The van der Waals surface area contributed by atoms with Gasteiger partial charge in [-0.15, -0.1) is 12.4 Å². The Labute approximate surface area is 119 Å². The second-order valence-electron chi connectivity index (χ2n) is 4.40. The van der Waals surface area contributed by atoms with Gasteiger partial charge < -0.3 is 10.6 Å². The summed E-state index contributed by atoms with van der Waals surface area (Å²) >= 11 is 6.10. The van der Waals surface area contributed by atoms with E-state index in [-0.39, 0.29) is 30.4 Å². The molecule has 18 heavy (non-hydrogen) atoms. The smallest absolute Gasteiger partial charge is 0.237 e. The van der Waals surface area contributed by atoms with Gasteiger partial charge in [-0.2, -0.15) is 0 Å². The molecule has 0 bridgehead atoms. The van der Waals surface area contributed by atoms with E-state index in [0.717, 1.165) is 24.9 Å². The molecule has 0 aliphatic carbocycles. The Morgan fingerprint density at radius 3 is 2.83 bits per heavy atom. The third-order valence-corrected chi connectivity index (χ3v) is 3.45. The topological polar surface area (TPSA) is 41.1 Å². The van der Waals surface area contributed by atoms with Crippen LogP contribution < -0.4 is 10.6 Å². The van der Waals surface area contributed by atoms with Gasteiger partial charge in [-0.1, -0.05) is 29.8 Å². The standard InChI is InChI=1S/C13H17ClN2O.ClH/c1-9(10-5-2-3-6-11(10)14)16-13(17)12-7-4-8-15-12;/h2-3,5-6,9,12,15H,4,7-8H2,1H3,(H,16,17);1H. The molecule has 0 aromatic heterocycles. The monoisotopic (exact) mass is 288 g/mol. The maximum atomic E-state index is 11.9. The first-order chi connectivity index (χ1) is 8.18. The number of carbonyl (C=O) groups is 1. The molecule has 1 fully saturated rings. The minimum atomic E-state index is -0.0569. The lowest BCUT2D eigenvalue weighted by Crippen LogP contribution is -2.41. The fraction of sp³-hybridized carbons (Fsp3) is 0.462. The maximum absolute atomic E-state index is 11.9. The Hall–Kier alpha value is -0.770. The molecule has 0 saturated carbocycles. The summed E-state index contributed by atoms with van der Waals surface area (Å²) in [7, 11) is 0. The van der Waals surface area contributed by atoms with Crippen LogP contribution in [0.1, 0.15) is 31.4 Å². The molecule has 2 N–H and O–H groups in total. The number of amides is 1. The molecule has 5 heteroatoms. The van der Waals surface area contributed by atoms with Gasteiger partial charge in [0.05, 0.1) is 12.1 Å². The van der Waals surface area contributed by atoms with Crippen LogP contribution in [0.25, 0.3) is 0 Å². The first kappa shape index (κ1) is 15.3. The van der Waals surface area contributed by atoms with Crippen molar-refractivity contribution in [1.82, 2.24) is 10.6 Å². The van der Waals surface area contributed by atoms with Gasteiger partial charge in [0.1, 0.15) is 0 Å². The number of carbonyl (C=O) groups excluding carboxylic acids is 1. The van der Waals surface area contributed by atoms with Gasteiger partial charge in [-0.05, 0) is 37.9 Å². The number of hydrogen-bond acceptors (Lipinski definition) is 2. The van der Waals surface area contributed by atoms with E-state index in [0.29, 0.717) is 5.02 Å². The number of nitrogens with one attached hydrogen (secondary N) is 2. The zero-order chi connectivity index (χ0) is 12.3. The van der Waals surface area contributed by atoms with Crippen LogP contribution in [-0.4, -0.2) is 18.5 Å². The minimum absolute atomic E-state index is 0. The minimum Gasteiger partial charge on any atom is -0.348 e. The molecule has 1 saturated heterocycles. The predicted molar refractivity (Wildman–Crippen MR) is 76.3 cm³/mol. The third-order valence-electron chi connectivity index (χ3n) is 3.11. The molecule has 1 aliphatic rings. The van der Waals surface area contributed by atoms with E-state index in [4.69, 9.17) is 11.6 Å². The summed E-state index contributed by atoms with van der Waals surface area (Å²) in [6, 6.07) is 7.50. The van der Waals surface area contributed by atoms with Gasteiger partial charge in [0, 0.05) is 5.02 Å². The van der Waals surface area contributed by atoms with Crippen LogP contribution in [0.2, 0.25) is 5.02 Å². The van der Waals surface area contributed by atoms with Crippen LogP contribution in [0, 0.1) is 0 Å². The number of benzene rings is 1. The van der Waals surface area contributed by atoms with Crippen molar-refractivity contribution in [2.24, 2.45) is 0 Å². The quantitative estimate of drug-likeness (QED) is 0.898. The van der Waals surface area contributed by atoms with Crippen molar-refractivity contribution >= 4 is 29.9 Å². The molecular weight excluding hydrogens is 271 g/mol. The van der Waals surface area contributed by atoms with Crippen LogP contribution in [-0.2, 0) is 4.79 Å². The van der Waals surface area contributed by atoms with Crippen LogP contribution in [0.15, 0.2) is 24.3 Å². The van der Waals surface area contributed by atoms with Crippen molar-refractivity contribution in [2.75, 3.05) is 6.54 Å². The van der Waals surface area contributed by atoms with Crippen molar-refractivity contribution in [3.8, 4) is 0 Å². The first-order valence-corrected chi connectivity index (χ1v) is 6.34. The predicted octanol–water partition coefficient (Wildman–Crippen LogP) is 2.69. The van der Waals surface area contributed by atoms with Crippen LogP contribution in [0.5, 0.6) is 0 Å². The average molecular weight is 289 g/mol. The molecule has 1 aromatic carbocycles. The van der Waals surface area contributed by atoms with E-state index in [1.54, 1.807) is 0 Å². The fourth-order valence-corrected chi connectivity index (χ4v) is 2.43. The molecule has 2 rings (SSSR count). The maximum Gasteiger partial charge on any atom is 0.237 e. The zero-order valence-corrected chi connectivity index (χ0v) is 11.9. The summed E-state index contributed by atoms with van der Waals surface area (Å²) in [5, 5.41) is 6.87. The van der Waals surface area contributed by atoms with Gasteiger partial charge >= 0.3 is 0 Å². The Balaban J connectivity index is 0.00000162. The Bertz CT molecular complexity index is 406. The molecular formula is C13H18Cl2N2O. The Kier molecular flexibility index (Phi) is 5.93. The highest BCUT2D eigenvalue weighted by Gasteiger charge is 2.23. The number of halogens is 2. The molecule has 1 amide bonds. The molecule has 0 radical (unpaired) electrons. The summed E-state index contributed by atoms with van der Waals surface area (Å²) in [4.78, 5) is 11.9. The van der Waals surface area contributed by atoms with Gasteiger partial charge in [0.25, 0.3) is 0 Å². The highest BCUT2D eigenvalue weighted by Crippen LogP contribution is 2.22. The lowest BCUT2D eigenvalue weighted by molar-refractivity contribution is -0.123. The average Bonchev–Trinajstić information content (AvgIpc) is 2.82. The van der Waals surface area contributed by atoms with Gasteiger partial charge in [-0.3, -0.25) is 4.79 Å². The first-order valence-electron chi connectivity index (χ1n) is 5.96. The van der Waals surface area contributed by atoms with Crippen LogP contribution >= 0.6 is 24.0 Å². The van der Waals surface area contributed by atoms with E-state index in [9.17, 15) is 4.79 Å². The van der Waals surface area contributed by atoms with E-state index in [1.807, 2.05) is 31.2 Å². The van der Waals surface area contributed by atoms with Gasteiger partial charge in [0.15, 0.2) is 0 Å². The normalized spacial score (nSPS) is 20.0. The third kappa shape index (κ3) is 3.61. The van der Waals surface area contributed by atoms with Gasteiger partial charge in [0.2, 0.25) is 5.91 Å². The molecule has 1 aromatic rings. The van der Waals surface area contributed by atoms with Crippen molar-refractivity contribution in [1.29, 1.82) is 0 Å². The van der Waals surface area contributed by atoms with Crippen LogP contribution in [0.4, 0.5) is 0 Å². The molecule has 1 aliphatic heterocycles. The summed E-state index contributed by atoms with van der Waals surface area (Å²) in [6.45, 7) is 2.88. The molecule has 100 valence electrons. The summed E-state index contributed by atoms with van der Waals surface area (Å²) < 4.78 is 0. The highest BCUT2D eigenvalue weighted by molar-refractivity contribution is 6.31. The summed E-state index contributed by atoms with van der Waals surface area (Å²) in [5.74, 6) is 0.0647. The van der Waals surface area contributed by atoms with Gasteiger partial charge in [-0.25, -0.2) is 0 Å². The van der Waals surface area contributed by atoms with Crippen molar-refractivity contribution < 1.29 is 4.79 Å². The number of rotatable bonds is 3. The highest BCUT2D eigenvalue weighted by atomic mass is 35.5. The molecule has 2 unspecified atom stereocenters. The lowest BCUT2D eigenvalue weighted by Gasteiger charge is -2.18. The van der Waals surface area contributed by atoms with E-state index < -0.39 is 0 Å². The Morgan fingerprint density at radius 2 is 2.22 bits per heavy atom. The summed E-state index contributed by atoms with van der Waals surface area (Å²) in [5.41, 5.74) is 0.959. The summed E-state index contributed by atoms with van der Waals surface area (Å²) in [6.07, 6.45) is 1.99. The van der Waals surface area contributed by atoms with Crippen molar-refractivity contribution in [3.05, 3.63) is 34.9 Å². The SMILES string of the molecule is CC(NC(=O)C1CCCN1)c1ccccc1Cl.Cl. The van der Waals surface area contributed by atoms with E-state index in [1.165, 1.54) is 0 Å². The van der Waals surface area contributed by atoms with E-state index in [2.05, 4.69) is 10.6 Å². The second kappa shape index (κ2) is 6.98. The molecule has 0 spiro atoms. The van der Waals surface area contributed by atoms with Crippen molar-refractivity contribution in [3.63, 3.8) is 0 Å². The lowest BCUT2D eigenvalue weighted by atomic mass is 10.1. The fourth-order valence-electron chi connectivity index (χ4n) is 2.13. The largest absolute Gasteiger partial charge is 0.348 e. The van der Waals surface area contributed by atoms with Crippen molar-refractivity contribution in [2.45, 2.75) is 31.8 Å². The number of hydrogen-bond donors (Lipinski definition) is 2. The molecule has 1 heterocycles. The van der Waals surface area contributed by atoms with Crippen LogP contribution in [0.3, 0.4) is 0 Å². The molecule has 2 atom stereocenters. The van der Waals surface area contributed by atoms with E-state index >= 15 is 0 Å². The molecule has 3 nitrogen and oxygen atoms in total. The second-order valence-corrected chi connectivity index (χ2v) is 4.81.